The summed E-state index contributed by atoms with van der Waals surface area (Å²) in [6, 6.07) is 14.7. The van der Waals surface area contributed by atoms with Crippen molar-refractivity contribution in [2.75, 3.05) is 6.61 Å². The molecule has 7 heteroatoms. The molecule has 0 bridgehead atoms. The third-order valence-electron chi connectivity index (χ3n) is 4.91. The predicted molar refractivity (Wildman–Crippen MR) is 105 cm³/mol. The van der Waals surface area contributed by atoms with Crippen molar-refractivity contribution in [3.05, 3.63) is 82.0 Å². The minimum Gasteiger partial charge on any atom is -0.451 e. The van der Waals surface area contributed by atoms with Crippen molar-refractivity contribution in [2.45, 2.75) is 25.4 Å². The molecule has 148 valence electrons. The van der Waals surface area contributed by atoms with Crippen molar-refractivity contribution < 1.29 is 18.7 Å². The van der Waals surface area contributed by atoms with Gasteiger partial charge in [0.1, 0.15) is 11.5 Å². The lowest BCUT2D eigenvalue weighted by atomic mass is 10.1. The first-order valence-electron chi connectivity index (χ1n) is 9.35. The molecule has 0 radical (unpaired) electrons. The molecule has 1 amide bonds. The van der Waals surface area contributed by atoms with Gasteiger partial charge in [-0.1, -0.05) is 36.4 Å². The molecule has 0 spiro atoms. The Bertz CT molecular complexity index is 1140. The highest BCUT2D eigenvalue weighted by atomic mass is 19.1. The van der Waals surface area contributed by atoms with E-state index >= 15 is 0 Å². The molecule has 3 aromatic rings. The number of fused-ring (bicyclic) bond motifs is 1. The van der Waals surface area contributed by atoms with Gasteiger partial charge in [-0.3, -0.25) is 9.59 Å². The third-order valence-corrected chi connectivity index (χ3v) is 4.91. The van der Waals surface area contributed by atoms with E-state index < -0.39 is 24.0 Å². The van der Waals surface area contributed by atoms with Crippen molar-refractivity contribution in [1.82, 2.24) is 9.88 Å². The van der Waals surface area contributed by atoms with Crippen LogP contribution in [0, 0.1) is 5.82 Å². The average Bonchev–Trinajstić information content (AvgIpc) is 3.56. The summed E-state index contributed by atoms with van der Waals surface area (Å²) in [7, 11) is 0. The van der Waals surface area contributed by atoms with E-state index in [1.54, 1.807) is 42.5 Å². The van der Waals surface area contributed by atoms with Crippen molar-refractivity contribution >= 4 is 22.6 Å². The summed E-state index contributed by atoms with van der Waals surface area (Å²) >= 11 is 0. The highest BCUT2D eigenvalue weighted by Gasteiger charge is 2.33. The number of carbonyl (C=O) groups is 2. The number of H-pyrrole nitrogens is 1. The number of pyridine rings is 1. The van der Waals surface area contributed by atoms with E-state index in [-0.39, 0.29) is 24.1 Å². The summed E-state index contributed by atoms with van der Waals surface area (Å²) in [6.45, 7) is -0.348. The molecule has 0 unspecified atom stereocenters. The van der Waals surface area contributed by atoms with Crippen LogP contribution in [0.1, 0.15) is 28.9 Å². The summed E-state index contributed by atoms with van der Waals surface area (Å²) in [6.07, 6.45) is 1.68. The van der Waals surface area contributed by atoms with Crippen LogP contribution in [-0.4, -0.2) is 34.4 Å². The van der Waals surface area contributed by atoms with Crippen molar-refractivity contribution in [3.63, 3.8) is 0 Å². The molecule has 0 aliphatic heterocycles. The molecular formula is C22H19FN2O4. The first-order chi connectivity index (χ1) is 14.0. The van der Waals surface area contributed by atoms with Gasteiger partial charge in [-0.25, -0.2) is 9.18 Å². The molecule has 4 rings (SSSR count). The Morgan fingerprint density at radius 1 is 1.10 bits per heavy atom. The molecule has 6 nitrogen and oxygen atoms in total. The van der Waals surface area contributed by atoms with Crippen LogP contribution >= 0.6 is 0 Å². The SMILES string of the molecule is O=C(OCC(=O)N(Cc1ccccc1F)C1CC1)c1cc2ccccc2c(=O)[nH]1. The van der Waals surface area contributed by atoms with E-state index in [4.69, 9.17) is 4.74 Å². The molecule has 0 atom stereocenters. The number of nitrogens with zero attached hydrogens (tertiary/aromatic N) is 1. The molecule has 29 heavy (non-hydrogen) atoms. The maximum Gasteiger partial charge on any atom is 0.355 e. The zero-order valence-corrected chi connectivity index (χ0v) is 15.6. The molecule has 1 fully saturated rings. The monoisotopic (exact) mass is 394 g/mol. The molecule has 1 heterocycles. The van der Waals surface area contributed by atoms with Gasteiger partial charge in [0.2, 0.25) is 0 Å². The van der Waals surface area contributed by atoms with Crippen LogP contribution in [0.5, 0.6) is 0 Å². The van der Waals surface area contributed by atoms with E-state index in [0.717, 1.165) is 12.8 Å². The zero-order chi connectivity index (χ0) is 20.4. The van der Waals surface area contributed by atoms with Crippen molar-refractivity contribution in [2.24, 2.45) is 0 Å². The Hall–Kier alpha value is -3.48. The second kappa shape index (κ2) is 7.87. The van der Waals surface area contributed by atoms with Gasteiger partial charge in [-0.05, 0) is 36.4 Å². The van der Waals surface area contributed by atoms with E-state index in [1.807, 2.05) is 0 Å². The van der Waals surface area contributed by atoms with Gasteiger partial charge < -0.3 is 14.6 Å². The van der Waals surface area contributed by atoms with Crippen LogP contribution in [-0.2, 0) is 16.1 Å². The number of nitrogens with one attached hydrogen (secondary N) is 1. The fourth-order valence-electron chi connectivity index (χ4n) is 3.23. The summed E-state index contributed by atoms with van der Waals surface area (Å²) in [5, 5.41) is 1.07. The van der Waals surface area contributed by atoms with Gasteiger partial charge in [0, 0.05) is 23.5 Å². The second-order valence-electron chi connectivity index (χ2n) is 7.02. The lowest BCUT2D eigenvalue weighted by molar-refractivity contribution is -0.135. The summed E-state index contributed by atoms with van der Waals surface area (Å²) < 4.78 is 19.1. The lowest BCUT2D eigenvalue weighted by Crippen LogP contribution is -2.36. The zero-order valence-electron chi connectivity index (χ0n) is 15.6. The number of aromatic amines is 1. The normalized spacial score (nSPS) is 13.3. The van der Waals surface area contributed by atoms with Gasteiger partial charge in [-0.15, -0.1) is 0 Å². The minimum absolute atomic E-state index is 0.0198. The minimum atomic E-state index is -0.789. The highest BCUT2D eigenvalue weighted by molar-refractivity contribution is 5.94. The number of ether oxygens (including phenoxy) is 1. The number of aromatic nitrogens is 1. The number of rotatable bonds is 6. The maximum atomic E-state index is 13.9. The first kappa shape index (κ1) is 18.9. The van der Waals surface area contributed by atoms with Crippen LogP contribution in [0.25, 0.3) is 10.8 Å². The number of carbonyl (C=O) groups excluding carboxylic acids is 2. The quantitative estimate of drug-likeness (QED) is 0.652. The van der Waals surface area contributed by atoms with Gasteiger partial charge in [0.15, 0.2) is 6.61 Å². The Balaban J connectivity index is 1.44. The Kier molecular flexibility index (Phi) is 5.12. The molecule has 0 saturated heterocycles. The van der Waals surface area contributed by atoms with Gasteiger partial charge in [0.05, 0.1) is 0 Å². The highest BCUT2D eigenvalue weighted by Crippen LogP contribution is 2.29. The topological polar surface area (TPSA) is 79.5 Å². The van der Waals surface area contributed by atoms with E-state index in [1.165, 1.54) is 17.0 Å². The molecule has 1 saturated carbocycles. The first-order valence-corrected chi connectivity index (χ1v) is 9.35. The fraction of sp³-hybridized carbons (Fsp3) is 0.227. The number of hydrogen-bond donors (Lipinski definition) is 1. The van der Waals surface area contributed by atoms with Gasteiger partial charge >= 0.3 is 5.97 Å². The molecule has 1 aromatic heterocycles. The lowest BCUT2D eigenvalue weighted by Gasteiger charge is -2.22. The Labute approximate surface area is 165 Å². The number of esters is 1. The largest absolute Gasteiger partial charge is 0.451 e. The predicted octanol–water partition coefficient (Wildman–Crippen LogP) is 3.02. The standard InChI is InChI=1S/C22H19FN2O4/c23-18-8-4-2-6-15(18)12-25(16-9-10-16)20(26)13-29-22(28)19-11-14-5-1-3-7-17(14)21(27)24-19/h1-8,11,16H,9-10,12-13H2,(H,24,27). The molecule has 1 aliphatic rings. The fourth-order valence-corrected chi connectivity index (χ4v) is 3.23. The number of hydrogen-bond acceptors (Lipinski definition) is 4. The third kappa shape index (κ3) is 4.18. The van der Waals surface area contributed by atoms with Crippen LogP contribution in [0.2, 0.25) is 0 Å². The van der Waals surface area contributed by atoms with E-state index in [9.17, 15) is 18.8 Å². The number of benzene rings is 2. The van der Waals surface area contributed by atoms with E-state index in [2.05, 4.69) is 4.98 Å². The average molecular weight is 394 g/mol. The number of halogens is 1. The molecule has 1 aliphatic carbocycles. The smallest absolute Gasteiger partial charge is 0.355 e. The molecule has 1 N–H and O–H groups in total. The van der Waals surface area contributed by atoms with E-state index in [0.29, 0.717) is 16.3 Å². The molecular weight excluding hydrogens is 375 g/mol. The molecule has 2 aromatic carbocycles. The Morgan fingerprint density at radius 3 is 2.59 bits per heavy atom. The Morgan fingerprint density at radius 2 is 1.83 bits per heavy atom. The maximum absolute atomic E-state index is 13.9. The summed E-state index contributed by atoms with van der Waals surface area (Å²) in [5.41, 5.74) is -0.00736. The van der Waals surface area contributed by atoms with Gasteiger partial charge in [-0.2, -0.15) is 0 Å². The summed E-state index contributed by atoms with van der Waals surface area (Å²) in [5.74, 6) is -1.56. The summed E-state index contributed by atoms with van der Waals surface area (Å²) in [4.78, 5) is 41.1. The van der Waals surface area contributed by atoms with Crippen molar-refractivity contribution in [3.8, 4) is 0 Å². The van der Waals surface area contributed by atoms with Crippen molar-refractivity contribution in [1.29, 1.82) is 0 Å². The van der Waals surface area contributed by atoms with Crippen LogP contribution < -0.4 is 5.56 Å². The number of amides is 1. The van der Waals surface area contributed by atoms with Crippen LogP contribution in [0.15, 0.2) is 59.4 Å². The van der Waals surface area contributed by atoms with Crippen LogP contribution in [0.3, 0.4) is 0 Å². The second-order valence-corrected chi connectivity index (χ2v) is 7.02. The van der Waals surface area contributed by atoms with Gasteiger partial charge in [0.25, 0.3) is 11.5 Å². The van der Waals surface area contributed by atoms with Crippen LogP contribution in [0.4, 0.5) is 4.39 Å².